The van der Waals surface area contributed by atoms with E-state index in [0.717, 1.165) is 12.3 Å². The monoisotopic (exact) mass is 339 g/mol. The number of fused-ring (bicyclic) bond motifs is 3. The van der Waals surface area contributed by atoms with Crippen molar-refractivity contribution in [1.29, 1.82) is 0 Å². The Bertz CT molecular complexity index is 934. The van der Waals surface area contributed by atoms with Crippen LogP contribution in [-0.4, -0.2) is 0 Å². The fourth-order valence-electron chi connectivity index (χ4n) is 4.70. The molecule has 1 heteroatoms. The van der Waals surface area contributed by atoms with Gasteiger partial charge in [0.25, 0.3) is 0 Å². The molecule has 0 aliphatic heterocycles. The Morgan fingerprint density at radius 3 is 2.38 bits per heavy atom. The molecule has 0 aromatic heterocycles. The van der Waals surface area contributed by atoms with E-state index in [-0.39, 0.29) is 0 Å². The predicted octanol–water partition coefficient (Wildman–Crippen LogP) is 7.05. The quantitative estimate of drug-likeness (QED) is 0.422. The average Bonchev–Trinajstić information content (AvgIpc) is 3.07. The number of benzene rings is 3. The van der Waals surface area contributed by atoms with Crippen LogP contribution in [0, 0.1) is 0 Å². The van der Waals surface area contributed by atoms with Gasteiger partial charge in [-0.05, 0) is 77.3 Å². The Kier molecular flexibility index (Phi) is 4.01. The smallest absolute Gasteiger partial charge is 0.0387 e. The second kappa shape index (κ2) is 6.64. The number of nitrogens with one attached hydrogen (secondary N) is 1. The van der Waals surface area contributed by atoms with Gasteiger partial charge in [-0.1, -0.05) is 61.7 Å². The zero-order valence-electron chi connectivity index (χ0n) is 15.2. The number of hydrogen-bond donors (Lipinski definition) is 1. The molecule has 0 radical (unpaired) electrons. The molecule has 0 atom stereocenters. The maximum absolute atomic E-state index is 3.64. The zero-order chi connectivity index (χ0) is 17.3. The molecule has 26 heavy (non-hydrogen) atoms. The minimum atomic E-state index is 0.750. The van der Waals surface area contributed by atoms with Crippen molar-refractivity contribution in [2.45, 2.75) is 44.4 Å². The Morgan fingerprint density at radius 1 is 0.654 bits per heavy atom. The zero-order valence-corrected chi connectivity index (χ0v) is 15.2. The van der Waals surface area contributed by atoms with Crippen LogP contribution in [0.25, 0.3) is 11.1 Å². The molecule has 2 aliphatic rings. The summed E-state index contributed by atoms with van der Waals surface area (Å²) in [4.78, 5) is 0. The molecule has 2 aliphatic carbocycles. The van der Waals surface area contributed by atoms with Gasteiger partial charge >= 0.3 is 0 Å². The molecule has 0 bridgehead atoms. The fourth-order valence-corrected chi connectivity index (χ4v) is 4.70. The van der Waals surface area contributed by atoms with E-state index < -0.39 is 0 Å². The summed E-state index contributed by atoms with van der Waals surface area (Å²) in [6, 6.07) is 24.6. The normalized spacial score (nSPS) is 16.2. The first-order chi connectivity index (χ1) is 12.9. The van der Waals surface area contributed by atoms with Crippen LogP contribution in [0.15, 0.2) is 66.7 Å². The lowest BCUT2D eigenvalue weighted by Gasteiger charge is -2.22. The van der Waals surface area contributed by atoms with Crippen molar-refractivity contribution in [1.82, 2.24) is 0 Å². The highest BCUT2D eigenvalue weighted by Gasteiger charge is 2.18. The van der Waals surface area contributed by atoms with Gasteiger partial charge in [0.15, 0.2) is 0 Å². The molecule has 0 unspecified atom stereocenters. The number of rotatable bonds is 3. The summed E-state index contributed by atoms with van der Waals surface area (Å²) >= 11 is 0. The summed E-state index contributed by atoms with van der Waals surface area (Å²) in [7, 11) is 0. The van der Waals surface area contributed by atoms with Gasteiger partial charge in [-0.25, -0.2) is 0 Å². The molecule has 1 nitrogen and oxygen atoms in total. The van der Waals surface area contributed by atoms with Crippen LogP contribution in [0.5, 0.6) is 0 Å². The summed E-state index contributed by atoms with van der Waals surface area (Å²) in [5.74, 6) is 0.750. The van der Waals surface area contributed by atoms with Crippen LogP contribution in [0.2, 0.25) is 0 Å². The minimum absolute atomic E-state index is 0.750. The highest BCUT2D eigenvalue weighted by atomic mass is 14.9. The van der Waals surface area contributed by atoms with E-state index >= 15 is 0 Å². The lowest BCUT2D eigenvalue weighted by molar-refractivity contribution is 0.444. The molecule has 130 valence electrons. The molecule has 3 aromatic rings. The van der Waals surface area contributed by atoms with Crippen LogP contribution in [0.4, 0.5) is 11.4 Å². The molecule has 5 rings (SSSR count). The predicted molar refractivity (Wildman–Crippen MR) is 110 cm³/mol. The summed E-state index contributed by atoms with van der Waals surface area (Å²) < 4.78 is 0. The Morgan fingerprint density at radius 2 is 1.46 bits per heavy atom. The number of hydrogen-bond acceptors (Lipinski definition) is 1. The molecule has 1 fully saturated rings. The summed E-state index contributed by atoms with van der Waals surface area (Å²) in [5, 5.41) is 3.64. The standard InChI is InChI=1S/C25H25N/c1-2-7-18(8-3-1)19-10-6-11-22(16-19)26-23-13-14-25-21(17-23)15-20-9-4-5-12-24(20)25/h4-6,9-14,16-18,26H,1-3,7-8,15H2. The van der Waals surface area contributed by atoms with Gasteiger partial charge in [-0.2, -0.15) is 0 Å². The van der Waals surface area contributed by atoms with Crippen molar-refractivity contribution in [3.05, 3.63) is 83.4 Å². The summed E-state index contributed by atoms with van der Waals surface area (Å²) in [6.07, 6.45) is 7.91. The first-order valence-electron chi connectivity index (χ1n) is 9.95. The molecule has 1 saturated carbocycles. The highest BCUT2D eigenvalue weighted by molar-refractivity contribution is 5.79. The Hall–Kier alpha value is -2.54. The maximum Gasteiger partial charge on any atom is 0.0387 e. The maximum atomic E-state index is 3.64. The van der Waals surface area contributed by atoms with Gasteiger partial charge in [0.05, 0.1) is 0 Å². The van der Waals surface area contributed by atoms with E-state index in [0.29, 0.717) is 0 Å². The molecule has 0 spiro atoms. The largest absolute Gasteiger partial charge is 0.356 e. The van der Waals surface area contributed by atoms with Crippen LogP contribution in [0.3, 0.4) is 0 Å². The van der Waals surface area contributed by atoms with Crippen molar-refractivity contribution < 1.29 is 0 Å². The van der Waals surface area contributed by atoms with Gasteiger partial charge in [0.2, 0.25) is 0 Å². The molecule has 0 amide bonds. The Balaban J connectivity index is 1.38. The van der Waals surface area contributed by atoms with Crippen molar-refractivity contribution in [3.8, 4) is 11.1 Å². The third-order valence-electron chi connectivity index (χ3n) is 6.05. The van der Waals surface area contributed by atoms with Crippen molar-refractivity contribution in [3.63, 3.8) is 0 Å². The van der Waals surface area contributed by atoms with Gasteiger partial charge in [0, 0.05) is 11.4 Å². The number of anilines is 2. The average molecular weight is 339 g/mol. The minimum Gasteiger partial charge on any atom is -0.356 e. The molecule has 1 N–H and O–H groups in total. The van der Waals surface area contributed by atoms with Crippen LogP contribution < -0.4 is 5.32 Å². The third kappa shape index (κ3) is 2.92. The van der Waals surface area contributed by atoms with E-state index in [9.17, 15) is 0 Å². The molecule has 0 saturated heterocycles. The fraction of sp³-hybridized carbons (Fsp3) is 0.280. The topological polar surface area (TPSA) is 12.0 Å². The first-order valence-corrected chi connectivity index (χ1v) is 9.95. The van der Waals surface area contributed by atoms with E-state index in [4.69, 9.17) is 0 Å². The lowest BCUT2D eigenvalue weighted by Crippen LogP contribution is -2.04. The van der Waals surface area contributed by atoms with E-state index in [1.165, 1.54) is 71.3 Å². The lowest BCUT2D eigenvalue weighted by atomic mass is 9.84. The highest BCUT2D eigenvalue weighted by Crippen LogP contribution is 2.38. The molecule has 3 aromatic carbocycles. The Labute approximate surface area is 156 Å². The molecular weight excluding hydrogens is 314 g/mol. The first kappa shape index (κ1) is 15.7. The van der Waals surface area contributed by atoms with Gasteiger partial charge in [-0.3, -0.25) is 0 Å². The van der Waals surface area contributed by atoms with Crippen molar-refractivity contribution in [2.24, 2.45) is 0 Å². The SMILES string of the molecule is c1cc(Nc2ccc3c(c2)Cc2ccccc2-3)cc(C2CCCCC2)c1. The van der Waals surface area contributed by atoms with Gasteiger partial charge < -0.3 is 5.32 Å². The van der Waals surface area contributed by atoms with Gasteiger partial charge in [-0.15, -0.1) is 0 Å². The molecule has 0 heterocycles. The van der Waals surface area contributed by atoms with Crippen LogP contribution in [0.1, 0.15) is 54.7 Å². The summed E-state index contributed by atoms with van der Waals surface area (Å²) in [6.45, 7) is 0. The summed E-state index contributed by atoms with van der Waals surface area (Å²) in [5.41, 5.74) is 9.57. The van der Waals surface area contributed by atoms with E-state index in [2.05, 4.69) is 72.0 Å². The second-order valence-electron chi connectivity index (χ2n) is 7.79. The van der Waals surface area contributed by atoms with Crippen LogP contribution >= 0.6 is 0 Å². The van der Waals surface area contributed by atoms with Gasteiger partial charge in [0.1, 0.15) is 0 Å². The molecular formula is C25H25N. The second-order valence-corrected chi connectivity index (χ2v) is 7.79. The van der Waals surface area contributed by atoms with Crippen molar-refractivity contribution in [2.75, 3.05) is 5.32 Å². The third-order valence-corrected chi connectivity index (χ3v) is 6.05. The van der Waals surface area contributed by atoms with E-state index in [1.807, 2.05) is 0 Å². The van der Waals surface area contributed by atoms with Crippen molar-refractivity contribution >= 4 is 11.4 Å². The van der Waals surface area contributed by atoms with E-state index in [1.54, 1.807) is 0 Å². The van der Waals surface area contributed by atoms with Crippen LogP contribution in [-0.2, 0) is 6.42 Å².